The van der Waals surface area contributed by atoms with Crippen LogP contribution in [0.25, 0.3) is 0 Å². The SMILES string of the molecule is O=C(CC1CCS(=O)(=O)CC1)Nc1cccc(F)c1. The maximum atomic E-state index is 12.9. The van der Waals surface area contributed by atoms with Crippen LogP contribution >= 0.6 is 0 Å². The van der Waals surface area contributed by atoms with Gasteiger partial charge in [0.15, 0.2) is 0 Å². The quantitative estimate of drug-likeness (QED) is 0.923. The van der Waals surface area contributed by atoms with Gasteiger partial charge < -0.3 is 5.32 Å². The van der Waals surface area contributed by atoms with E-state index in [0.717, 1.165) is 0 Å². The number of rotatable bonds is 3. The van der Waals surface area contributed by atoms with E-state index >= 15 is 0 Å². The highest BCUT2D eigenvalue weighted by Gasteiger charge is 2.25. The van der Waals surface area contributed by atoms with Gasteiger partial charge in [-0.3, -0.25) is 4.79 Å². The number of hydrogen-bond donors (Lipinski definition) is 1. The van der Waals surface area contributed by atoms with Crippen LogP contribution in [0.4, 0.5) is 10.1 Å². The van der Waals surface area contributed by atoms with Crippen molar-refractivity contribution in [3.8, 4) is 0 Å². The molecule has 104 valence electrons. The number of carbonyl (C=O) groups excluding carboxylic acids is 1. The summed E-state index contributed by atoms with van der Waals surface area (Å²) in [4.78, 5) is 11.8. The summed E-state index contributed by atoms with van der Waals surface area (Å²) in [5.41, 5.74) is 0.424. The van der Waals surface area contributed by atoms with Crippen molar-refractivity contribution >= 4 is 21.4 Å². The van der Waals surface area contributed by atoms with Crippen LogP contribution < -0.4 is 5.32 Å². The number of hydrogen-bond acceptors (Lipinski definition) is 3. The molecule has 1 heterocycles. The average Bonchev–Trinajstić information content (AvgIpc) is 2.32. The molecule has 1 aromatic carbocycles. The Morgan fingerprint density at radius 2 is 2.00 bits per heavy atom. The van der Waals surface area contributed by atoms with E-state index in [-0.39, 0.29) is 29.8 Å². The van der Waals surface area contributed by atoms with Crippen molar-refractivity contribution in [1.29, 1.82) is 0 Å². The maximum Gasteiger partial charge on any atom is 0.224 e. The van der Waals surface area contributed by atoms with Gasteiger partial charge in [0.25, 0.3) is 0 Å². The Morgan fingerprint density at radius 1 is 1.32 bits per heavy atom. The summed E-state index contributed by atoms with van der Waals surface area (Å²) >= 11 is 0. The number of anilines is 1. The van der Waals surface area contributed by atoms with Gasteiger partial charge in [-0.25, -0.2) is 12.8 Å². The van der Waals surface area contributed by atoms with Gasteiger partial charge in [0.05, 0.1) is 11.5 Å². The molecule has 0 spiro atoms. The molecule has 0 aromatic heterocycles. The predicted molar refractivity (Wildman–Crippen MR) is 71.0 cm³/mol. The zero-order valence-corrected chi connectivity index (χ0v) is 11.2. The van der Waals surface area contributed by atoms with E-state index in [1.807, 2.05) is 0 Å². The number of amides is 1. The molecule has 0 bridgehead atoms. The summed E-state index contributed by atoms with van der Waals surface area (Å²) in [7, 11) is -2.90. The molecule has 0 atom stereocenters. The molecule has 0 aliphatic carbocycles. The van der Waals surface area contributed by atoms with E-state index < -0.39 is 15.7 Å². The second-order valence-electron chi connectivity index (χ2n) is 4.86. The Balaban J connectivity index is 1.85. The number of nitrogens with one attached hydrogen (secondary N) is 1. The van der Waals surface area contributed by atoms with E-state index in [1.165, 1.54) is 18.2 Å². The van der Waals surface area contributed by atoms with Crippen molar-refractivity contribution in [2.75, 3.05) is 16.8 Å². The van der Waals surface area contributed by atoms with E-state index in [4.69, 9.17) is 0 Å². The standard InChI is InChI=1S/C13H16FNO3S/c14-11-2-1-3-12(9-11)15-13(16)8-10-4-6-19(17,18)7-5-10/h1-3,9-10H,4-8H2,(H,15,16). The summed E-state index contributed by atoms with van der Waals surface area (Å²) < 4.78 is 35.5. The number of halogens is 1. The highest BCUT2D eigenvalue weighted by Crippen LogP contribution is 2.22. The highest BCUT2D eigenvalue weighted by molar-refractivity contribution is 7.91. The zero-order valence-electron chi connectivity index (χ0n) is 10.4. The molecular formula is C13H16FNO3S. The van der Waals surface area contributed by atoms with Crippen LogP contribution in [0.3, 0.4) is 0 Å². The molecule has 1 fully saturated rings. The molecule has 1 amide bonds. The van der Waals surface area contributed by atoms with Gasteiger partial charge in [-0.05, 0) is 37.0 Å². The second kappa shape index (κ2) is 5.69. The van der Waals surface area contributed by atoms with Crippen LogP contribution in [0.15, 0.2) is 24.3 Å². The van der Waals surface area contributed by atoms with Crippen molar-refractivity contribution in [2.45, 2.75) is 19.3 Å². The smallest absolute Gasteiger partial charge is 0.224 e. The Kier molecular flexibility index (Phi) is 4.19. The third-order valence-corrected chi connectivity index (χ3v) is 4.97. The van der Waals surface area contributed by atoms with Crippen LogP contribution in [0.5, 0.6) is 0 Å². The zero-order chi connectivity index (χ0) is 13.9. The lowest BCUT2D eigenvalue weighted by Gasteiger charge is -2.21. The molecule has 1 aromatic rings. The monoisotopic (exact) mass is 285 g/mol. The van der Waals surface area contributed by atoms with Crippen molar-refractivity contribution in [2.24, 2.45) is 5.92 Å². The Bertz CT molecular complexity index is 557. The minimum absolute atomic E-state index is 0.0945. The molecule has 0 saturated carbocycles. The maximum absolute atomic E-state index is 12.9. The summed E-state index contributed by atoms with van der Waals surface area (Å²) in [6, 6.07) is 5.70. The van der Waals surface area contributed by atoms with Gasteiger partial charge in [0, 0.05) is 12.1 Å². The van der Waals surface area contributed by atoms with Gasteiger partial charge in [0.2, 0.25) is 5.91 Å². The summed E-state index contributed by atoms with van der Waals surface area (Å²) in [5.74, 6) is -0.191. The Morgan fingerprint density at radius 3 is 2.63 bits per heavy atom. The highest BCUT2D eigenvalue weighted by atomic mass is 32.2. The first-order chi connectivity index (χ1) is 8.94. The Labute approximate surface area is 111 Å². The average molecular weight is 285 g/mol. The molecule has 6 heteroatoms. The molecule has 19 heavy (non-hydrogen) atoms. The lowest BCUT2D eigenvalue weighted by atomic mass is 9.98. The third kappa shape index (κ3) is 4.31. The minimum Gasteiger partial charge on any atom is -0.326 e. The Hall–Kier alpha value is -1.43. The largest absolute Gasteiger partial charge is 0.326 e. The van der Waals surface area contributed by atoms with E-state index in [2.05, 4.69) is 5.32 Å². The van der Waals surface area contributed by atoms with Crippen LogP contribution in [0.1, 0.15) is 19.3 Å². The molecule has 0 radical (unpaired) electrons. The summed E-state index contributed by atoms with van der Waals surface area (Å²) in [5, 5.41) is 2.62. The molecule has 1 N–H and O–H groups in total. The van der Waals surface area contributed by atoms with Gasteiger partial charge in [-0.15, -0.1) is 0 Å². The first-order valence-corrected chi connectivity index (χ1v) is 8.02. The molecule has 2 rings (SSSR count). The van der Waals surface area contributed by atoms with Crippen LogP contribution in [0, 0.1) is 11.7 Å². The van der Waals surface area contributed by atoms with Gasteiger partial charge >= 0.3 is 0 Å². The van der Waals surface area contributed by atoms with Crippen LogP contribution in [0.2, 0.25) is 0 Å². The number of carbonyl (C=O) groups is 1. The van der Waals surface area contributed by atoms with Crippen molar-refractivity contribution in [3.05, 3.63) is 30.1 Å². The molecule has 0 unspecified atom stereocenters. The third-order valence-electron chi connectivity index (χ3n) is 3.26. The second-order valence-corrected chi connectivity index (χ2v) is 7.16. The molecular weight excluding hydrogens is 269 g/mol. The first kappa shape index (κ1) is 14.0. The predicted octanol–water partition coefficient (Wildman–Crippen LogP) is 1.98. The van der Waals surface area contributed by atoms with Crippen molar-refractivity contribution < 1.29 is 17.6 Å². The lowest BCUT2D eigenvalue weighted by Crippen LogP contribution is -2.26. The van der Waals surface area contributed by atoms with Gasteiger partial charge in [-0.2, -0.15) is 0 Å². The molecule has 1 aliphatic rings. The fraction of sp³-hybridized carbons (Fsp3) is 0.462. The first-order valence-electron chi connectivity index (χ1n) is 6.20. The summed E-state index contributed by atoms with van der Waals surface area (Å²) in [6.07, 6.45) is 1.34. The summed E-state index contributed by atoms with van der Waals surface area (Å²) in [6.45, 7) is 0. The molecule has 1 aliphatic heterocycles. The van der Waals surface area contributed by atoms with Crippen molar-refractivity contribution in [3.63, 3.8) is 0 Å². The van der Waals surface area contributed by atoms with E-state index in [0.29, 0.717) is 18.5 Å². The normalized spacial score (nSPS) is 19.0. The number of benzene rings is 1. The van der Waals surface area contributed by atoms with Crippen molar-refractivity contribution in [1.82, 2.24) is 0 Å². The minimum atomic E-state index is -2.90. The van der Waals surface area contributed by atoms with Gasteiger partial charge in [-0.1, -0.05) is 6.07 Å². The fourth-order valence-electron chi connectivity index (χ4n) is 2.18. The lowest BCUT2D eigenvalue weighted by molar-refractivity contribution is -0.117. The fourth-order valence-corrected chi connectivity index (χ4v) is 3.77. The molecule has 4 nitrogen and oxygen atoms in total. The molecule has 1 saturated heterocycles. The topological polar surface area (TPSA) is 63.2 Å². The van der Waals surface area contributed by atoms with E-state index in [9.17, 15) is 17.6 Å². The van der Waals surface area contributed by atoms with Crippen LogP contribution in [-0.2, 0) is 14.6 Å². The van der Waals surface area contributed by atoms with Gasteiger partial charge in [0.1, 0.15) is 15.7 Å². The van der Waals surface area contributed by atoms with E-state index in [1.54, 1.807) is 6.07 Å². The van der Waals surface area contributed by atoms with Crippen LogP contribution in [-0.4, -0.2) is 25.8 Å². The number of sulfone groups is 1.